The van der Waals surface area contributed by atoms with Gasteiger partial charge >= 0.3 is 0 Å². The van der Waals surface area contributed by atoms with Gasteiger partial charge in [-0.2, -0.15) is 5.10 Å². The summed E-state index contributed by atoms with van der Waals surface area (Å²) in [6.45, 7) is 0. The summed E-state index contributed by atoms with van der Waals surface area (Å²) >= 11 is 10.7. The molecule has 4 rings (SSSR count). The fraction of sp³-hybridized carbons (Fsp3) is 0.0833. The van der Waals surface area contributed by atoms with Gasteiger partial charge < -0.3 is 4.74 Å². The number of benzene rings is 3. The zero-order chi connectivity index (χ0) is 23.9. The number of hydrazone groups is 1. The van der Waals surface area contributed by atoms with Crippen LogP contribution in [0.5, 0.6) is 5.75 Å². The quantitative estimate of drug-likeness (QED) is 0.174. The van der Waals surface area contributed by atoms with Crippen LogP contribution in [0, 0.1) is 0 Å². The Kier molecular flexibility index (Phi) is 7.99. The van der Waals surface area contributed by atoms with Gasteiger partial charge in [-0.3, -0.25) is 9.36 Å². The Morgan fingerprint density at radius 2 is 1.79 bits per heavy atom. The van der Waals surface area contributed by atoms with Crippen LogP contribution in [-0.2, 0) is 4.79 Å². The van der Waals surface area contributed by atoms with Gasteiger partial charge in [-0.05, 0) is 66.2 Å². The minimum absolute atomic E-state index is 0.117. The molecule has 1 heterocycles. The largest absolute Gasteiger partial charge is 0.497 e. The highest BCUT2D eigenvalue weighted by Gasteiger charge is 2.17. The molecule has 0 aliphatic rings. The SMILES string of the molecule is COc1ccc(-c2nnc(SCC(=O)N/N=C\c3ccc(Br)cc3)n2-c2ccc(Cl)cc2)cc1. The lowest BCUT2D eigenvalue weighted by molar-refractivity contribution is -0.118. The standard InChI is InChI=1S/C24H19BrClN5O2S/c1-33-21-12-4-17(5-13-21)23-29-30-24(31(23)20-10-8-19(26)9-11-20)34-15-22(32)28-27-14-16-2-6-18(25)7-3-16/h2-14H,15H2,1H3,(H,28,32)/b27-14-. The normalized spacial score (nSPS) is 11.0. The second kappa shape index (κ2) is 11.3. The summed E-state index contributed by atoms with van der Waals surface area (Å²) in [4.78, 5) is 12.4. The summed E-state index contributed by atoms with van der Waals surface area (Å²) in [5.74, 6) is 1.25. The van der Waals surface area contributed by atoms with E-state index in [0.717, 1.165) is 27.0 Å². The van der Waals surface area contributed by atoms with Crippen LogP contribution >= 0.6 is 39.3 Å². The Morgan fingerprint density at radius 1 is 1.09 bits per heavy atom. The van der Waals surface area contributed by atoms with Crippen molar-refractivity contribution < 1.29 is 9.53 Å². The lowest BCUT2D eigenvalue weighted by atomic mass is 10.2. The minimum atomic E-state index is -0.255. The molecule has 0 atom stereocenters. The maximum absolute atomic E-state index is 12.4. The Bertz CT molecular complexity index is 1290. The minimum Gasteiger partial charge on any atom is -0.497 e. The van der Waals surface area contributed by atoms with Crippen molar-refractivity contribution in [2.45, 2.75) is 5.16 Å². The van der Waals surface area contributed by atoms with E-state index in [0.29, 0.717) is 16.0 Å². The number of thioether (sulfide) groups is 1. The van der Waals surface area contributed by atoms with Crippen LogP contribution in [0.25, 0.3) is 17.1 Å². The van der Waals surface area contributed by atoms with E-state index in [-0.39, 0.29) is 11.7 Å². The number of hydrogen-bond acceptors (Lipinski definition) is 6. The first-order valence-corrected chi connectivity index (χ1v) is 12.2. The predicted molar refractivity (Wildman–Crippen MR) is 139 cm³/mol. The number of methoxy groups -OCH3 is 1. The van der Waals surface area contributed by atoms with Gasteiger partial charge in [0.1, 0.15) is 5.75 Å². The highest BCUT2D eigenvalue weighted by molar-refractivity contribution is 9.10. The van der Waals surface area contributed by atoms with Crippen LogP contribution in [0.15, 0.2) is 87.5 Å². The fourth-order valence-corrected chi connectivity index (χ4v) is 4.14. The van der Waals surface area contributed by atoms with Crippen LogP contribution in [-0.4, -0.2) is 39.7 Å². The van der Waals surface area contributed by atoms with Crippen LogP contribution in [0.1, 0.15) is 5.56 Å². The molecule has 0 unspecified atom stereocenters. The van der Waals surface area contributed by atoms with Gasteiger partial charge in [0, 0.05) is 20.7 Å². The maximum Gasteiger partial charge on any atom is 0.250 e. The summed E-state index contributed by atoms with van der Waals surface area (Å²) in [7, 11) is 1.62. The summed E-state index contributed by atoms with van der Waals surface area (Å²) in [6, 6.07) is 22.5. The number of aromatic nitrogens is 3. The van der Waals surface area contributed by atoms with Gasteiger partial charge in [0.25, 0.3) is 5.91 Å². The van der Waals surface area contributed by atoms with Gasteiger partial charge in [0.15, 0.2) is 11.0 Å². The lowest BCUT2D eigenvalue weighted by Gasteiger charge is -2.11. The molecule has 34 heavy (non-hydrogen) atoms. The predicted octanol–water partition coefficient (Wildman–Crippen LogP) is 5.60. The van der Waals surface area contributed by atoms with Crippen molar-refractivity contribution in [2.24, 2.45) is 5.10 Å². The number of carbonyl (C=O) groups excluding carboxylic acids is 1. The second-order valence-corrected chi connectivity index (χ2v) is 9.27. The third-order valence-electron chi connectivity index (χ3n) is 4.67. The number of hydrogen-bond donors (Lipinski definition) is 1. The molecule has 1 aromatic heterocycles. The molecule has 7 nitrogen and oxygen atoms in total. The molecular weight excluding hydrogens is 538 g/mol. The van der Waals surface area contributed by atoms with E-state index in [1.165, 1.54) is 11.8 Å². The topological polar surface area (TPSA) is 81.4 Å². The van der Waals surface area contributed by atoms with Gasteiger partial charge in [-0.1, -0.05) is 51.4 Å². The molecular formula is C24H19BrClN5O2S. The molecule has 3 aromatic carbocycles. The van der Waals surface area contributed by atoms with Crippen molar-refractivity contribution in [1.82, 2.24) is 20.2 Å². The van der Waals surface area contributed by atoms with Crippen LogP contribution in [0.2, 0.25) is 5.02 Å². The maximum atomic E-state index is 12.4. The van der Waals surface area contributed by atoms with Crippen LogP contribution in [0.3, 0.4) is 0 Å². The van der Waals surface area contributed by atoms with E-state index in [2.05, 4.69) is 36.7 Å². The zero-order valence-electron chi connectivity index (χ0n) is 18.0. The van der Waals surface area contributed by atoms with Gasteiger partial charge in [0.05, 0.1) is 19.1 Å². The van der Waals surface area contributed by atoms with Crippen molar-refractivity contribution in [2.75, 3.05) is 12.9 Å². The first-order chi connectivity index (χ1) is 16.5. The zero-order valence-corrected chi connectivity index (χ0v) is 21.1. The highest BCUT2D eigenvalue weighted by atomic mass is 79.9. The van der Waals surface area contributed by atoms with Crippen LogP contribution < -0.4 is 10.2 Å². The van der Waals surface area contributed by atoms with Crippen LogP contribution in [0.4, 0.5) is 0 Å². The van der Waals surface area contributed by atoms with E-state index in [1.807, 2.05) is 65.2 Å². The number of nitrogens with one attached hydrogen (secondary N) is 1. The molecule has 0 fully saturated rings. The van der Waals surface area contributed by atoms with Crippen molar-refractivity contribution in [3.8, 4) is 22.8 Å². The molecule has 172 valence electrons. The monoisotopic (exact) mass is 555 g/mol. The van der Waals surface area contributed by atoms with E-state index >= 15 is 0 Å². The molecule has 1 amide bonds. The molecule has 0 bridgehead atoms. The lowest BCUT2D eigenvalue weighted by Crippen LogP contribution is -2.20. The number of halogens is 2. The average Bonchev–Trinajstić information content (AvgIpc) is 3.28. The summed E-state index contributed by atoms with van der Waals surface area (Å²) in [6.07, 6.45) is 1.59. The first kappa shape index (κ1) is 24.0. The number of ether oxygens (including phenoxy) is 1. The smallest absolute Gasteiger partial charge is 0.250 e. The summed E-state index contributed by atoms with van der Waals surface area (Å²) in [5.41, 5.74) is 5.11. The van der Waals surface area contributed by atoms with Crippen molar-refractivity contribution in [1.29, 1.82) is 0 Å². The highest BCUT2D eigenvalue weighted by Crippen LogP contribution is 2.29. The van der Waals surface area contributed by atoms with Crippen molar-refractivity contribution in [3.05, 3.63) is 87.9 Å². The first-order valence-electron chi connectivity index (χ1n) is 10.1. The van der Waals surface area contributed by atoms with E-state index < -0.39 is 0 Å². The molecule has 10 heteroatoms. The van der Waals surface area contributed by atoms with Crippen molar-refractivity contribution in [3.63, 3.8) is 0 Å². The molecule has 4 aromatic rings. The Hall–Kier alpha value is -3.14. The third-order valence-corrected chi connectivity index (χ3v) is 6.38. The summed E-state index contributed by atoms with van der Waals surface area (Å²) in [5, 5.41) is 13.9. The molecule has 0 aliphatic heterocycles. The molecule has 0 radical (unpaired) electrons. The Morgan fingerprint density at radius 3 is 2.47 bits per heavy atom. The number of nitrogens with zero attached hydrogens (tertiary/aromatic N) is 4. The number of rotatable bonds is 8. The third kappa shape index (κ3) is 6.05. The van der Waals surface area contributed by atoms with E-state index in [4.69, 9.17) is 16.3 Å². The van der Waals surface area contributed by atoms with Gasteiger partial charge in [-0.25, -0.2) is 5.43 Å². The molecule has 0 spiro atoms. The molecule has 0 saturated carbocycles. The Labute approximate surface area is 214 Å². The van der Waals surface area contributed by atoms with Crippen molar-refractivity contribution >= 4 is 51.4 Å². The Balaban J connectivity index is 1.51. The fourth-order valence-electron chi connectivity index (χ4n) is 3.00. The van der Waals surface area contributed by atoms with E-state index in [9.17, 15) is 4.79 Å². The van der Waals surface area contributed by atoms with Gasteiger partial charge in [0.2, 0.25) is 0 Å². The van der Waals surface area contributed by atoms with Gasteiger partial charge in [-0.15, -0.1) is 10.2 Å². The van der Waals surface area contributed by atoms with E-state index in [1.54, 1.807) is 25.5 Å². The number of carbonyl (C=O) groups is 1. The molecule has 0 aliphatic carbocycles. The molecule has 0 saturated heterocycles. The summed E-state index contributed by atoms with van der Waals surface area (Å²) < 4.78 is 8.12. The molecule has 1 N–H and O–H groups in total. The number of amides is 1. The second-order valence-electron chi connectivity index (χ2n) is 6.98. The average molecular weight is 557 g/mol.